The van der Waals surface area contributed by atoms with Crippen LogP contribution in [0.25, 0.3) is 0 Å². The van der Waals surface area contributed by atoms with Gasteiger partial charge in [-0.25, -0.2) is 0 Å². The largest absolute Gasteiger partial charge is 0.356 e. The molecule has 0 heterocycles. The van der Waals surface area contributed by atoms with Gasteiger partial charge in [0, 0.05) is 19.0 Å². The highest BCUT2D eigenvalue weighted by Crippen LogP contribution is 2.27. The van der Waals surface area contributed by atoms with Gasteiger partial charge in [-0.05, 0) is 32.1 Å². The first-order chi connectivity index (χ1) is 8.18. The van der Waals surface area contributed by atoms with E-state index in [-0.39, 0.29) is 24.4 Å². The molecule has 1 atom stereocenters. The Kier molecular flexibility index (Phi) is 10.5. The van der Waals surface area contributed by atoms with Crippen molar-refractivity contribution in [3.8, 4) is 0 Å². The highest BCUT2D eigenvalue weighted by Gasteiger charge is 2.13. The van der Waals surface area contributed by atoms with Gasteiger partial charge in [0.25, 0.3) is 0 Å². The van der Waals surface area contributed by atoms with Crippen molar-refractivity contribution < 1.29 is 4.79 Å². The van der Waals surface area contributed by atoms with Gasteiger partial charge in [0.2, 0.25) is 5.91 Å². The predicted octanol–water partition coefficient (Wildman–Crippen LogP) is 3.01. The number of nitrogens with two attached hydrogens (primary N) is 1. The van der Waals surface area contributed by atoms with Crippen molar-refractivity contribution in [3.63, 3.8) is 0 Å². The minimum Gasteiger partial charge on any atom is -0.356 e. The van der Waals surface area contributed by atoms with E-state index in [1.807, 2.05) is 6.92 Å². The van der Waals surface area contributed by atoms with Gasteiger partial charge < -0.3 is 11.1 Å². The van der Waals surface area contributed by atoms with Crippen LogP contribution in [0.5, 0.6) is 0 Å². The third-order valence-electron chi connectivity index (χ3n) is 3.66. The fourth-order valence-electron chi connectivity index (χ4n) is 2.55. The van der Waals surface area contributed by atoms with Crippen molar-refractivity contribution in [2.45, 2.75) is 70.8 Å². The smallest absolute Gasteiger partial charge is 0.219 e. The first kappa shape index (κ1) is 17.7. The summed E-state index contributed by atoms with van der Waals surface area (Å²) in [6.45, 7) is 2.69. The van der Waals surface area contributed by atoms with Crippen molar-refractivity contribution in [1.29, 1.82) is 0 Å². The molecule has 1 aliphatic rings. The highest BCUT2D eigenvalue weighted by molar-refractivity contribution is 5.85. The lowest BCUT2D eigenvalue weighted by atomic mass is 9.86. The number of hydrogen-bond acceptors (Lipinski definition) is 2. The molecule has 1 rings (SSSR count). The van der Waals surface area contributed by atoms with Crippen LogP contribution >= 0.6 is 12.4 Å². The summed E-state index contributed by atoms with van der Waals surface area (Å²) in [5, 5.41) is 2.93. The Morgan fingerprint density at radius 3 is 2.61 bits per heavy atom. The van der Waals surface area contributed by atoms with Crippen molar-refractivity contribution in [3.05, 3.63) is 0 Å². The van der Waals surface area contributed by atoms with Crippen LogP contribution in [0.4, 0.5) is 0 Å². The lowest BCUT2D eigenvalue weighted by Crippen LogP contribution is -2.28. The Morgan fingerprint density at radius 1 is 1.33 bits per heavy atom. The molecule has 0 aromatic rings. The van der Waals surface area contributed by atoms with E-state index in [0.717, 1.165) is 25.3 Å². The van der Waals surface area contributed by atoms with Gasteiger partial charge in [-0.2, -0.15) is 0 Å². The maximum atomic E-state index is 11.5. The molecule has 108 valence electrons. The van der Waals surface area contributed by atoms with E-state index >= 15 is 0 Å². The average Bonchev–Trinajstić information content (AvgIpc) is 2.30. The van der Waals surface area contributed by atoms with Gasteiger partial charge in [-0.1, -0.05) is 32.1 Å². The van der Waals surface area contributed by atoms with E-state index < -0.39 is 0 Å². The Morgan fingerprint density at radius 2 is 2.00 bits per heavy atom. The molecule has 0 spiro atoms. The molecular weight excluding hydrogens is 248 g/mol. The zero-order valence-electron chi connectivity index (χ0n) is 11.6. The molecule has 1 aliphatic carbocycles. The Labute approximate surface area is 118 Å². The molecule has 0 aromatic carbocycles. The fraction of sp³-hybridized carbons (Fsp3) is 0.929. The van der Waals surface area contributed by atoms with E-state index in [4.69, 9.17) is 5.73 Å². The van der Waals surface area contributed by atoms with Gasteiger partial charge in [0.05, 0.1) is 0 Å². The van der Waals surface area contributed by atoms with Crippen LogP contribution in [0.3, 0.4) is 0 Å². The lowest BCUT2D eigenvalue weighted by Gasteiger charge is -2.21. The zero-order chi connectivity index (χ0) is 12.5. The van der Waals surface area contributed by atoms with Crippen LogP contribution in [0.2, 0.25) is 0 Å². The summed E-state index contributed by atoms with van der Waals surface area (Å²) in [4.78, 5) is 11.5. The molecular formula is C14H29ClN2O. The number of rotatable bonds is 7. The number of nitrogens with one attached hydrogen (secondary N) is 1. The number of carbonyl (C=O) groups excluding carboxylic acids is 1. The van der Waals surface area contributed by atoms with Crippen LogP contribution in [0.15, 0.2) is 0 Å². The van der Waals surface area contributed by atoms with E-state index in [0.29, 0.717) is 6.42 Å². The maximum Gasteiger partial charge on any atom is 0.219 e. The molecule has 3 nitrogen and oxygen atoms in total. The molecule has 1 saturated carbocycles. The predicted molar refractivity (Wildman–Crippen MR) is 79.0 cm³/mol. The molecule has 0 aliphatic heterocycles. The summed E-state index contributed by atoms with van der Waals surface area (Å²) in [5.41, 5.74) is 5.62. The van der Waals surface area contributed by atoms with E-state index in [1.54, 1.807) is 0 Å². The number of hydrogen-bond donors (Lipinski definition) is 2. The molecule has 1 fully saturated rings. The van der Waals surface area contributed by atoms with E-state index in [2.05, 4.69) is 5.32 Å². The average molecular weight is 277 g/mol. The fourth-order valence-corrected chi connectivity index (χ4v) is 2.55. The van der Waals surface area contributed by atoms with Crippen LogP contribution in [0.1, 0.15) is 64.7 Å². The van der Waals surface area contributed by atoms with Crippen molar-refractivity contribution in [2.75, 3.05) is 6.54 Å². The van der Waals surface area contributed by atoms with Crippen molar-refractivity contribution >= 4 is 18.3 Å². The number of amides is 1. The first-order valence-corrected chi connectivity index (χ1v) is 7.20. The van der Waals surface area contributed by atoms with Gasteiger partial charge in [-0.15, -0.1) is 12.4 Å². The Bertz CT molecular complexity index is 216. The topological polar surface area (TPSA) is 55.1 Å². The molecule has 3 N–H and O–H groups in total. The standard InChI is InChI=1S/C14H28N2O.ClH/c1-12(15)10-11-16-14(17)9-5-8-13-6-3-2-4-7-13;/h12-13H,2-11,15H2,1H3,(H,16,17);1H. The van der Waals surface area contributed by atoms with Gasteiger partial charge in [-0.3, -0.25) is 4.79 Å². The number of halogens is 1. The summed E-state index contributed by atoms with van der Waals surface area (Å²) >= 11 is 0. The quantitative estimate of drug-likeness (QED) is 0.751. The minimum absolute atomic E-state index is 0. The summed E-state index contributed by atoms with van der Waals surface area (Å²) in [5.74, 6) is 1.09. The minimum atomic E-state index is 0. The molecule has 18 heavy (non-hydrogen) atoms. The first-order valence-electron chi connectivity index (χ1n) is 7.20. The maximum absolute atomic E-state index is 11.5. The number of carbonyl (C=O) groups is 1. The van der Waals surface area contributed by atoms with Crippen LogP contribution in [0, 0.1) is 5.92 Å². The molecule has 0 radical (unpaired) electrons. The summed E-state index contributed by atoms with van der Waals surface area (Å²) in [6.07, 6.45) is 10.8. The normalized spacial score (nSPS) is 17.9. The SMILES string of the molecule is CC(N)CCNC(=O)CCCC1CCCCC1.Cl. The Hall–Kier alpha value is -0.280. The van der Waals surface area contributed by atoms with Crippen molar-refractivity contribution in [1.82, 2.24) is 5.32 Å². The molecule has 1 amide bonds. The van der Waals surface area contributed by atoms with Crippen molar-refractivity contribution in [2.24, 2.45) is 11.7 Å². The summed E-state index contributed by atoms with van der Waals surface area (Å²) in [6, 6.07) is 0.178. The molecule has 0 bridgehead atoms. The van der Waals surface area contributed by atoms with Crippen LogP contribution in [-0.2, 0) is 4.79 Å². The second-order valence-electron chi connectivity index (χ2n) is 5.51. The highest BCUT2D eigenvalue weighted by atomic mass is 35.5. The zero-order valence-corrected chi connectivity index (χ0v) is 12.4. The molecule has 0 saturated heterocycles. The van der Waals surface area contributed by atoms with Crippen LogP contribution in [-0.4, -0.2) is 18.5 Å². The molecule has 1 unspecified atom stereocenters. The third-order valence-corrected chi connectivity index (χ3v) is 3.66. The Balaban J connectivity index is 0.00000289. The summed E-state index contributed by atoms with van der Waals surface area (Å²) in [7, 11) is 0. The van der Waals surface area contributed by atoms with Gasteiger partial charge >= 0.3 is 0 Å². The second kappa shape index (κ2) is 10.6. The van der Waals surface area contributed by atoms with Gasteiger partial charge in [0.15, 0.2) is 0 Å². The third kappa shape index (κ3) is 8.76. The molecule has 4 heteroatoms. The van der Waals surface area contributed by atoms with Gasteiger partial charge in [0.1, 0.15) is 0 Å². The second-order valence-corrected chi connectivity index (χ2v) is 5.51. The monoisotopic (exact) mass is 276 g/mol. The van der Waals surface area contributed by atoms with E-state index in [1.165, 1.54) is 38.5 Å². The lowest BCUT2D eigenvalue weighted by molar-refractivity contribution is -0.121. The van der Waals surface area contributed by atoms with E-state index in [9.17, 15) is 4.79 Å². The molecule has 0 aromatic heterocycles. The summed E-state index contributed by atoms with van der Waals surface area (Å²) < 4.78 is 0. The van der Waals surface area contributed by atoms with Crippen LogP contribution < -0.4 is 11.1 Å².